The Morgan fingerprint density at radius 3 is 2.15 bits per heavy atom. The first kappa shape index (κ1) is 21.4. The molecule has 2 rings (SSSR count). The Bertz CT molecular complexity index is 879. The monoisotopic (exact) mass is 428 g/mol. The molecule has 0 saturated carbocycles. The first-order valence-electron chi connectivity index (χ1n) is 8.30. The van der Waals surface area contributed by atoms with Crippen molar-refractivity contribution < 1.29 is 18.0 Å². The molecule has 1 unspecified atom stereocenters. The van der Waals surface area contributed by atoms with E-state index in [9.17, 15) is 18.0 Å². The second-order valence-corrected chi connectivity index (χ2v) is 9.86. The summed E-state index contributed by atoms with van der Waals surface area (Å²) in [6.45, 7) is 3.97. The molecule has 6 nitrogen and oxygen atoms in total. The molecule has 9 heteroatoms. The summed E-state index contributed by atoms with van der Waals surface area (Å²) in [5, 5.41) is 6.13. The zero-order chi connectivity index (χ0) is 20.0. The molecule has 0 saturated heterocycles. The van der Waals surface area contributed by atoms with Crippen molar-refractivity contribution in [3.63, 3.8) is 0 Å². The molecular weight excluding hydrogens is 408 g/mol. The summed E-state index contributed by atoms with van der Waals surface area (Å²) in [5.41, 5.74) is 0. The number of hydrogen-bond acceptors (Lipinski definition) is 5. The Morgan fingerprint density at radius 1 is 1.04 bits per heavy atom. The molecule has 2 amide bonds. The first-order chi connectivity index (χ1) is 12.7. The lowest BCUT2D eigenvalue weighted by molar-refractivity contribution is -0.139. The van der Waals surface area contributed by atoms with Crippen LogP contribution in [0.3, 0.4) is 0 Å². The van der Waals surface area contributed by atoms with E-state index < -0.39 is 26.9 Å². The minimum absolute atomic E-state index is 0.101. The third-order valence-corrected chi connectivity index (χ3v) is 7.19. The minimum atomic E-state index is -3.78. The van der Waals surface area contributed by atoms with Crippen LogP contribution in [0.2, 0.25) is 5.02 Å². The average molecular weight is 429 g/mol. The van der Waals surface area contributed by atoms with E-state index in [1.54, 1.807) is 17.5 Å². The van der Waals surface area contributed by atoms with Crippen LogP contribution in [-0.2, 0) is 19.4 Å². The van der Waals surface area contributed by atoms with Gasteiger partial charge in [0.05, 0.1) is 4.90 Å². The number of carbonyl (C=O) groups excluding carboxylic acids is 2. The van der Waals surface area contributed by atoms with Crippen molar-refractivity contribution in [1.82, 2.24) is 10.6 Å². The van der Waals surface area contributed by atoms with Gasteiger partial charge in [0.2, 0.25) is 0 Å². The molecule has 1 aromatic heterocycles. The minimum Gasteiger partial charge on any atom is -0.348 e. The zero-order valence-electron chi connectivity index (χ0n) is 14.9. The van der Waals surface area contributed by atoms with Gasteiger partial charge in [0.1, 0.15) is 5.25 Å². The Morgan fingerprint density at radius 2 is 1.63 bits per heavy atom. The molecule has 27 heavy (non-hydrogen) atoms. The maximum atomic E-state index is 13.1. The molecule has 0 fully saturated rings. The van der Waals surface area contributed by atoms with Gasteiger partial charge in [0, 0.05) is 23.0 Å². The van der Waals surface area contributed by atoms with Crippen LogP contribution >= 0.6 is 22.9 Å². The topological polar surface area (TPSA) is 92.3 Å². The van der Waals surface area contributed by atoms with E-state index in [2.05, 4.69) is 10.6 Å². The molecule has 0 aliphatic heterocycles. The van der Waals surface area contributed by atoms with Crippen LogP contribution in [0, 0.1) is 5.92 Å². The lowest BCUT2D eigenvalue weighted by atomic mass is 10.2. The second kappa shape index (κ2) is 9.34. The van der Waals surface area contributed by atoms with Crippen molar-refractivity contribution in [3.05, 3.63) is 51.7 Å². The normalized spacial score (nSPS) is 12.6. The molecule has 146 valence electrons. The Hall–Kier alpha value is -1.90. The van der Waals surface area contributed by atoms with Crippen LogP contribution in [0.1, 0.15) is 24.0 Å². The lowest BCUT2D eigenvalue weighted by Crippen LogP contribution is -2.43. The number of hydrogen-bond donors (Lipinski definition) is 2. The van der Waals surface area contributed by atoms with Crippen LogP contribution in [0.5, 0.6) is 0 Å². The summed E-state index contributed by atoms with van der Waals surface area (Å²) < 4.78 is 26.1. The fraction of sp³-hybridized carbons (Fsp3) is 0.333. The predicted molar refractivity (Wildman–Crippen MR) is 107 cm³/mol. The fourth-order valence-electron chi connectivity index (χ4n) is 2.27. The number of rotatable bonds is 7. The second-order valence-electron chi connectivity index (χ2n) is 6.32. The van der Waals surface area contributed by atoms with E-state index in [0.717, 1.165) is 0 Å². The van der Waals surface area contributed by atoms with Gasteiger partial charge in [-0.1, -0.05) is 31.5 Å². The number of sulfone groups is 1. The summed E-state index contributed by atoms with van der Waals surface area (Å²) >= 11 is 7.11. The summed E-state index contributed by atoms with van der Waals surface area (Å²) in [6, 6.07) is 9.27. The van der Waals surface area contributed by atoms with Crippen molar-refractivity contribution in [2.75, 3.05) is 13.1 Å². The maximum absolute atomic E-state index is 13.1. The van der Waals surface area contributed by atoms with Crippen LogP contribution in [0.4, 0.5) is 0 Å². The van der Waals surface area contributed by atoms with Gasteiger partial charge < -0.3 is 10.6 Å². The molecule has 1 heterocycles. The molecule has 1 aromatic carbocycles. The molecule has 0 aliphatic rings. The molecule has 0 radical (unpaired) electrons. The van der Waals surface area contributed by atoms with Crippen molar-refractivity contribution in [2.45, 2.75) is 24.0 Å². The predicted octanol–water partition coefficient (Wildman–Crippen LogP) is 2.80. The summed E-state index contributed by atoms with van der Waals surface area (Å²) in [6.07, 6.45) is 0. The van der Waals surface area contributed by atoms with Crippen molar-refractivity contribution in [3.8, 4) is 0 Å². The number of halogens is 1. The van der Waals surface area contributed by atoms with E-state index in [4.69, 9.17) is 11.6 Å². The number of amides is 2. The summed E-state index contributed by atoms with van der Waals surface area (Å²) in [4.78, 5) is 24.5. The number of thiophene rings is 1. The van der Waals surface area contributed by atoms with Crippen LogP contribution in [-0.4, -0.2) is 33.3 Å². The van der Waals surface area contributed by atoms with E-state index in [1.165, 1.54) is 35.6 Å². The largest absolute Gasteiger partial charge is 0.348 e. The number of carbonyl (C=O) groups is 2. The van der Waals surface area contributed by atoms with E-state index in [-0.39, 0.29) is 17.4 Å². The van der Waals surface area contributed by atoms with Crippen molar-refractivity contribution >= 4 is 44.6 Å². The maximum Gasteiger partial charge on any atom is 0.309 e. The smallest absolute Gasteiger partial charge is 0.309 e. The Kier molecular flexibility index (Phi) is 7.41. The van der Waals surface area contributed by atoms with Crippen molar-refractivity contribution in [2.24, 2.45) is 5.92 Å². The molecule has 0 spiro atoms. The molecule has 2 aromatic rings. The third kappa shape index (κ3) is 5.79. The van der Waals surface area contributed by atoms with Gasteiger partial charge in [-0.15, -0.1) is 11.3 Å². The SMILES string of the molecule is CC(C)CNC(=O)C(=O)NCC(c1cccs1)S(=O)(=O)c1ccc(Cl)cc1. The zero-order valence-corrected chi connectivity index (χ0v) is 17.3. The Balaban J connectivity index is 2.17. The summed E-state index contributed by atoms with van der Waals surface area (Å²) in [7, 11) is -3.78. The van der Waals surface area contributed by atoms with Crippen molar-refractivity contribution in [1.29, 1.82) is 0 Å². The molecule has 2 N–H and O–H groups in total. The van der Waals surface area contributed by atoms with Gasteiger partial charge >= 0.3 is 11.8 Å². The highest BCUT2D eigenvalue weighted by atomic mass is 35.5. The van der Waals surface area contributed by atoms with Crippen LogP contribution < -0.4 is 10.6 Å². The van der Waals surface area contributed by atoms with E-state index in [1.807, 2.05) is 13.8 Å². The summed E-state index contributed by atoms with van der Waals surface area (Å²) in [5.74, 6) is -1.44. The highest BCUT2D eigenvalue weighted by Crippen LogP contribution is 2.31. The highest BCUT2D eigenvalue weighted by Gasteiger charge is 2.31. The van der Waals surface area contributed by atoms with E-state index >= 15 is 0 Å². The third-order valence-electron chi connectivity index (χ3n) is 3.70. The highest BCUT2D eigenvalue weighted by molar-refractivity contribution is 7.91. The molecular formula is C18H21ClN2O4S2. The first-order valence-corrected chi connectivity index (χ1v) is 11.1. The number of nitrogens with one attached hydrogen (secondary N) is 2. The quantitative estimate of drug-likeness (QED) is 0.663. The number of benzene rings is 1. The van der Waals surface area contributed by atoms with E-state index in [0.29, 0.717) is 16.4 Å². The Labute approximate surface area is 167 Å². The van der Waals surface area contributed by atoms with Gasteiger partial charge in [-0.05, 0) is 41.6 Å². The lowest BCUT2D eigenvalue weighted by Gasteiger charge is -2.17. The van der Waals surface area contributed by atoms with Crippen LogP contribution in [0.15, 0.2) is 46.7 Å². The van der Waals surface area contributed by atoms with Gasteiger partial charge in [0.25, 0.3) is 0 Å². The van der Waals surface area contributed by atoms with Gasteiger partial charge in [-0.2, -0.15) is 0 Å². The average Bonchev–Trinajstić information content (AvgIpc) is 3.14. The van der Waals surface area contributed by atoms with Gasteiger partial charge in [-0.25, -0.2) is 8.42 Å². The molecule has 1 atom stereocenters. The fourth-order valence-corrected chi connectivity index (χ4v) is 5.18. The van der Waals surface area contributed by atoms with Gasteiger partial charge in [-0.3, -0.25) is 9.59 Å². The molecule has 0 bridgehead atoms. The van der Waals surface area contributed by atoms with Crippen LogP contribution in [0.25, 0.3) is 0 Å². The molecule has 0 aliphatic carbocycles. The standard InChI is InChI=1S/C18H21ClN2O4S2/c1-12(2)10-20-17(22)18(23)21-11-16(15-4-3-9-26-15)27(24,25)14-7-5-13(19)6-8-14/h3-9,12,16H,10-11H2,1-2H3,(H,20,22)(H,21,23). The van der Waals surface area contributed by atoms with Gasteiger partial charge in [0.15, 0.2) is 9.84 Å².